The van der Waals surface area contributed by atoms with Gasteiger partial charge in [-0.3, -0.25) is 4.79 Å². The zero-order chi connectivity index (χ0) is 12.7. The van der Waals surface area contributed by atoms with Gasteiger partial charge >= 0.3 is 5.97 Å². The lowest BCUT2D eigenvalue weighted by Crippen LogP contribution is -2.16. The Morgan fingerprint density at radius 1 is 1.35 bits per heavy atom. The molecule has 0 bridgehead atoms. The Hall–Kier alpha value is -1.03. The lowest BCUT2D eigenvalue weighted by atomic mass is 10.0. The molecule has 1 N–H and O–H groups in total. The van der Waals surface area contributed by atoms with Crippen LogP contribution in [0, 0.1) is 5.92 Å². The van der Waals surface area contributed by atoms with Gasteiger partial charge < -0.3 is 9.84 Å². The van der Waals surface area contributed by atoms with Gasteiger partial charge in [0.15, 0.2) is 0 Å². The molecule has 0 saturated carbocycles. The van der Waals surface area contributed by atoms with E-state index in [4.69, 9.17) is 9.84 Å². The summed E-state index contributed by atoms with van der Waals surface area (Å²) in [4.78, 5) is 10.9. The Morgan fingerprint density at radius 2 is 2.00 bits per heavy atom. The van der Waals surface area contributed by atoms with Crippen LogP contribution in [0.1, 0.15) is 26.2 Å². The lowest BCUT2D eigenvalue weighted by Gasteiger charge is -2.12. The predicted octanol–water partition coefficient (Wildman–Crippen LogP) is 3.72. The Labute approximate surface area is 110 Å². The molecule has 0 spiro atoms. The first-order chi connectivity index (χ1) is 8.13. The average Bonchev–Trinajstić information content (AvgIpc) is 2.30. The van der Waals surface area contributed by atoms with Gasteiger partial charge in [0, 0.05) is 4.47 Å². The van der Waals surface area contributed by atoms with Crippen LogP contribution in [0.2, 0.25) is 0 Å². The predicted molar refractivity (Wildman–Crippen MR) is 70.3 cm³/mol. The van der Waals surface area contributed by atoms with Crippen molar-refractivity contribution in [1.29, 1.82) is 0 Å². The molecule has 1 atom stereocenters. The van der Waals surface area contributed by atoms with Gasteiger partial charge in [-0.1, -0.05) is 29.3 Å². The zero-order valence-electron chi connectivity index (χ0n) is 9.86. The molecule has 1 aromatic rings. The van der Waals surface area contributed by atoms with E-state index in [1.807, 2.05) is 31.2 Å². The highest BCUT2D eigenvalue weighted by atomic mass is 79.9. The third kappa shape index (κ3) is 5.22. The minimum Gasteiger partial charge on any atom is -0.494 e. The van der Waals surface area contributed by atoms with Crippen LogP contribution in [0.3, 0.4) is 0 Å². The minimum absolute atomic E-state index is 0.296. The first kappa shape index (κ1) is 14.0. The van der Waals surface area contributed by atoms with Gasteiger partial charge in [0.05, 0.1) is 12.5 Å². The monoisotopic (exact) mass is 300 g/mol. The fraction of sp³-hybridized carbons (Fsp3) is 0.462. The van der Waals surface area contributed by atoms with Crippen molar-refractivity contribution in [2.75, 3.05) is 6.61 Å². The van der Waals surface area contributed by atoms with Crippen molar-refractivity contribution in [3.8, 4) is 5.75 Å². The summed E-state index contributed by atoms with van der Waals surface area (Å²) in [6.07, 6.45) is 2.15. The highest BCUT2D eigenvalue weighted by Crippen LogP contribution is 2.17. The van der Waals surface area contributed by atoms with E-state index < -0.39 is 5.97 Å². The number of hydrogen-bond donors (Lipinski definition) is 1. The lowest BCUT2D eigenvalue weighted by molar-refractivity contribution is -0.142. The summed E-state index contributed by atoms with van der Waals surface area (Å²) in [5, 5.41) is 8.98. The number of benzene rings is 1. The molecule has 1 unspecified atom stereocenters. The largest absolute Gasteiger partial charge is 0.494 e. The summed E-state index contributed by atoms with van der Waals surface area (Å²) >= 11 is 3.34. The van der Waals surface area contributed by atoms with Gasteiger partial charge in [0.25, 0.3) is 0 Å². The number of aliphatic carboxylic acids is 1. The number of carbonyl (C=O) groups is 1. The van der Waals surface area contributed by atoms with Gasteiger partial charge in [-0.15, -0.1) is 0 Å². The van der Waals surface area contributed by atoms with Crippen LogP contribution in [-0.2, 0) is 4.79 Å². The molecule has 0 amide bonds. The molecular formula is C13H17BrO3. The van der Waals surface area contributed by atoms with Crippen LogP contribution in [0.25, 0.3) is 0 Å². The Kier molecular flexibility index (Phi) is 6.05. The van der Waals surface area contributed by atoms with Crippen molar-refractivity contribution in [2.24, 2.45) is 5.92 Å². The third-order valence-corrected chi connectivity index (χ3v) is 3.06. The maximum Gasteiger partial charge on any atom is 0.306 e. The molecule has 1 aromatic carbocycles. The summed E-state index contributed by atoms with van der Waals surface area (Å²) in [6, 6.07) is 7.52. The molecule has 94 valence electrons. The number of carboxylic acids is 1. The SMILES string of the molecule is CCCC(CCOc1ccc(Br)cc1)C(=O)O. The summed E-state index contributed by atoms with van der Waals surface area (Å²) in [7, 11) is 0. The molecule has 0 radical (unpaired) electrons. The van der Waals surface area contributed by atoms with Crippen molar-refractivity contribution >= 4 is 21.9 Å². The van der Waals surface area contributed by atoms with Gasteiger partial charge in [0.1, 0.15) is 5.75 Å². The average molecular weight is 301 g/mol. The van der Waals surface area contributed by atoms with Crippen LogP contribution in [0.4, 0.5) is 0 Å². The number of rotatable bonds is 7. The first-order valence-corrected chi connectivity index (χ1v) is 6.54. The van der Waals surface area contributed by atoms with Crippen molar-refractivity contribution in [1.82, 2.24) is 0 Å². The minimum atomic E-state index is -0.730. The third-order valence-electron chi connectivity index (χ3n) is 2.54. The van der Waals surface area contributed by atoms with Crippen LogP contribution in [0.5, 0.6) is 5.75 Å². The standard InChI is InChI=1S/C13H17BrO3/c1-2-3-10(13(15)16)8-9-17-12-6-4-11(14)5-7-12/h4-7,10H,2-3,8-9H2,1H3,(H,15,16). The molecule has 1 rings (SSSR count). The molecule has 3 nitrogen and oxygen atoms in total. The van der Waals surface area contributed by atoms with E-state index in [0.717, 1.165) is 16.6 Å². The summed E-state index contributed by atoms with van der Waals surface area (Å²) in [5.41, 5.74) is 0. The van der Waals surface area contributed by atoms with Gasteiger partial charge in [-0.2, -0.15) is 0 Å². The molecule has 0 heterocycles. The number of carboxylic acid groups (broad SMARTS) is 1. The quantitative estimate of drug-likeness (QED) is 0.835. The topological polar surface area (TPSA) is 46.5 Å². The van der Waals surface area contributed by atoms with Crippen molar-refractivity contribution in [2.45, 2.75) is 26.2 Å². The maximum atomic E-state index is 10.9. The highest BCUT2D eigenvalue weighted by Gasteiger charge is 2.15. The first-order valence-electron chi connectivity index (χ1n) is 5.74. The molecule has 0 aliphatic rings. The van der Waals surface area contributed by atoms with Crippen LogP contribution < -0.4 is 4.74 Å². The van der Waals surface area contributed by atoms with Crippen molar-refractivity contribution in [3.05, 3.63) is 28.7 Å². The summed E-state index contributed by atoms with van der Waals surface area (Å²) in [5.74, 6) is -0.254. The summed E-state index contributed by atoms with van der Waals surface area (Å²) < 4.78 is 6.50. The van der Waals surface area contributed by atoms with E-state index >= 15 is 0 Å². The van der Waals surface area contributed by atoms with Gasteiger partial charge in [-0.25, -0.2) is 0 Å². The normalized spacial score (nSPS) is 12.1. The summed E-state index contributed by atoms with van der Waals surface area (Å²) in [6.45, 7) is 2.43. The smallest absolute Gasteiger partial charge is 0.306 e. The van der Waals surface area contributed by atoms with Crippen LogP contribution >= 0.6 is 15.9 Å². The molecule has 0 fully saturated rings. The molecular weight excluding hydrogens is 284 g/mol. The van der Waals surface area contributed by atoms with E-state index in [9.17, 15) is 4.79 Å². The Bertz CT molecular complexity index is 348. The second kappa shape index (κ2) is 7.33. The molecule has 0 aliphatic carbocycles. The fourth-order valence-electron chi connectivity index (χ4n) is 1.59. The van der Waals surface area contributed by atoms with E-state index in [1.165, 1.54) is 0 Å². The molecule has 0 saturated heterocycles. The molecule has 0 aliphatic heterocycles. The molecule has 4 heteroatoms. The zero-order valence-corrected chi connectivity index (χ0v) is 11.4. The van der Waals surface area contributed by atoms with Crippen LogP contribution in [-0.4, -0.2) is 17.7 Å². The van der Waals surface area contributed by atoms with Crippen LogP contribution in [0.15, 0.2) is 28.7 Å². The van der Waals surface area contributed by atoms with E-state index in [0.29, 0.717) is 19.4 Å². The number of ether oxygens (including phenoxy) is 1. The number of halogens is 1. The van der Waals surface area contributed by atoms with Gasteiger partial charge in [-0.05, 0) is 37.1 Å². The number of hydrogen-bond acceptors (Lipinski definition) is 2. The molecule has 17 heavy (non-hydrogen) atoms. The Balaban J connectivity index is 2.35. The van der Waals surface area contributed by atoms with Gasteiger partial charge in [0.2, 0.25) is 0 Å². The van der Waals surface area contributed by atoms with Crippen molar-refractivity contribution < 1.29 is 14.6 Å². The second-order valence-corrected chi connectivity index (χ2v) is 4.83. The van der Waals surface area contributed by atoms with E-state index in [-0.39, 0.29) is 5.92 Å². The van der Waals surface area contributed by atoms with E-state index in [2.05, 4.69) is 15.9 Å². The second-order valence-electron chi connectivity index (χ2n) is 3.91. The Morgan fingerprint density at radius 3 is 2.53 bits per heavy atom. The van der Waals surface area contributed by atoms with Crippen molar-refractivity contribution in [3.63, 3.8) is 0 Å². The van der Waals surface area contributed by atoms with E-state index in [1.54, 1.807) is 0 Å². The maximum absolute atomic E-state index is 10.9. The highest BCUT2D eigenvalue weighted by molar-refractivity contribution is 9.10. The fourth-order valence-corrected chi connectivity index (χ4v) is 1.85. The molecule has 0 aromatic heterocycles.